The number of aromatic amines is 4. The summed E-state index contributed by atoms with van der Waals surface area (Å²) in [6.45, 7) is 18.4. The standard InChI is InChI=1S/C17H27N2O6P.C16H25N2O5PS.C15H26N3O5P.C15H26N3O4PS.C15H25N3O4PSe/c1-10(20)8-11-9-19(17(23)18-15(11)22)16-14(24-2)13(21)12(25-16)6-7-26(3,4)5;1-9(19)7-10-8-18(16(25)17-14(10)22)15-13(21)12(20)11(23-15)5-6-24(2,3)4;1-16-7-9-8-18(15(22)17-13(9)21)14-12(20)11(19)10(23-14)5-6-24(2,3)4;2*1-16-7-9-8-18(15(24)17-13(9)21)14-12(20)11(19)10(22-14)5-6-23(2,3)4/h9,12-14,16,21H,3,6-8H2,1-2,4-5H3,(H,18,22,23);8,11-13,15,20-21H,2,5-7H2,1,3-4H3,(H,17,22,25);8,10-12,14,16,19-20H,2,5-7H2,1,3-4H3,(H,17,21,22);8,10-12,14,16,19-20H,2,5-7H2,1,3-4H3,(H,17,21,24);8,10-12,14,16,19-20H,2,5-7H2,1,3-4H3/t12-,13-,14-,16?;11-,12-,13-,15?;3*10-,11-,12-,14?/m11111/s1. The number of hydrogen-bond acceptors (Lipinski definition) is 30. The molecule has 20 atom stereocenters. The van der Waals surface area contributed by atoms with E-state index in [1.807, 2.05) is 0 Å². The van der Waals surface area contributed by atoms with Crippen LogP contribution in [0.4, 0.5) is 0 Å². The number of aromatic nitrogens is 10. The summed E-state index contributed by atoms with van der Waals surface area (Å²) in [5.74, 6) is -0.363. The van der Waals surface area contributed by atoms with Crippen LogP contribution in [0.1, 0.15) is 105 Å². The van der Waals surface area contributed by atoms with Crippen molar-refractivity contribution in [2.45, 2.75) is 201 Å². The molecule has 123 heavy (non-hydrogen) atoms. The summed E-state index contributed by atoms with van der Waals surface area (Å²) < 4.78 is 41.9. The van der Waals surface area contributed by atoms with Crippen LogP contribution in [-0.2, 0) is 70.5 Å². The van der Waals surface area contributed by atoms with Crippen LogP contribution in [0, 0.1) is 9.54 Å². The Balaban J connectivity index is 0.000000238. The summed E-state index contributed by atoms with van der Waals surface area (Å²) >= 11 is 13.1. The molecule has 5 aromatic rings. The van der Waals surface area contributed by atoms with Crippen LogP contribution in [0.3, 0.4) is 0 Å². The fraction of sp³-hybridized carbons (Fsp3) is 0.654. The summed E-state index contributed by atoms with van der Waals surface area (Å²) in [7, 11) is 6.58. The summed E-state index contributed by atoms with van der Waals surface area (Å²) in [6.07, 6.45) is 17.6. The molecule has 5 aliphatic heterocycles. The van der Waals surface area contributed by atoms with E-state index in [4.69, 9.17) is 52.9 Å². The topological polar surface area (TPSA) is 528 Å². The van der Waals surface area contributed by atoms with Crippen molar-refractivity contribution >= 4 is 123 Å². The molecule has 10 heterocycles. The van der Waals surface area contributed by atoms with Gasteiger partial charge in [-0.25, -0.2) is 9.59 Å². The van der Waals surface area contributed by atoms with Crippen molar-refractivity contribution in [1.29, 1.82) is 0 Å². The molecular formula is C78H129N13O24P5S2Se. The monoisotopic (exact) mass is 1930 g/mol. The zero-order chi connectivity index (χ0) is 92.8. The van der Waals surface area contributed by atoms with Crippen LogP contribution < -0.4 is 59.8 Å². The zero-order valence-electron chi connectivity index (χ0n) is 72.9. The number of ether oxygens (including phenoxy) is 6. The molecule has 0 bridgehead atoms. The van der Waals surface area contributed by atoms with Crippen LogP contribution >= 0.6 is 58.9 Å². The van der Waals surface area contributed by atoms with E-state index in [2.05, 4.69) is 155 Å². The van der Waals surface area contributed by atoms with Gasteiger partial charge in [0.2, 0.25) is 0 Å². The molecule has 45 heteroatoms. The van der Waals surface area contributed by atoms with Gasteiger partial charge in [-0.1, -0.05) is 0 Å². The average Bonchev–Trinajstić information content (AvgIpc) is 1.69. The van der Waals surface area contributed by atoms with Crippen molar-refractivity contribution in [1.82, 2.24) is 63.7 Å². The molecule has 5 saturated heterocycles. The first-order valence-corrected chi connectivity index (χ1v) is 56.8. The van der Waals surface area contributed by atoms with Crippen molar-refractivity contribution in [3.8, 4) is 0 Å². The van der Waals surface area contributed by atoms with Gasteiger partial charge in [-0.3, -0.25) is 67.0 Å². The molecule has 5 unspecified atom stereocenters. The Morgan fingerprint density at radius 1 is 0.415 bits per heavy atom. The van der Waals surface area contributed by atoms with E-state index in [9.17, 15) is 89.1 Å². The van der Waals surface area contributed by atoms with Gasteiger partial charge in [0.05, 0.1) is 24.4 Å². The molecule has 5 fully saturated rings. The zero-order valence-corrected chi connectivity index (χ0v) is 80.7. The SMILES string of the molecule is C=P(C)(C)CC[C@H]1OC(n2cc(CC(C)=O)c(=O)[nH]c2=O)[C@H](OC)[C@@H]1O.C=P(C)(C)CC[C@H]1OC(n2cc(CC(C)=O)c(=O)[nH]c2=S)[C@H](O)[C@@H]1O.C=P(C)(C)CC[C@H]1OC(n2cc(CNC)c(=O)[nH]c2=O)[C@H](O)[C@@H]1O.C=P(C)(C)CC[C@H]1OC(n2cc(CNC)c(=O)[nH]c2=S)[C@H](O)[C@@H]1O.C=P(C)(C)CC[C@H]1OC(n2cc(CNC)c(=O)nc2[Se])[C@H](O)[C@@H]1O. The molecule has 0 aliphatic carbocycles. The Labute approximate surface area is 733 Å². The number of methoxy groups -OCH3 is 1. The normalized spacial score (nSPS) is 27.1. The van der Waals surface area contributed by atoms with E-state index < -0.39 is 185 Å². The maximum atomic E-state index is 12.3. The third-order valence-electron chi connectivity index (χ3n) is 20.5. The molecule has 0 saturated carbocycles. The summed E-state index contributed by atoms with van der Waals surface area (Å²) in [6, 6.07) is 0. The Morgan fingerprint density at radius 3 is 0.992 bits per heavy atom. The molecule has 5 aromatic heterocycles. The number of carbonyl (C=O) groups is 2. The van der Waals surface area contributed by atoms with Gasteiger partial charge in [-0.15, -0.1) is 52.7 Å². The molecular weight excluding hydrogens is 1800 g/mol. The van der Waals surface area contributed by atoms with Gasteiger partial charge in [-0.2, -0.15) is 0 Å². The molecule has 0 aromatic carbocycles. The molecule has 37 nitrogen and oxygen atoms in total. The minimum absolute atomic E-state index is 0.0417. The molecule has 0 amide bonds. The fourth-order valence-electron chi connectivity index (χ4n) is 13.9. The van der Waals surface area contributed by atoms with Gasteiger partial charge in [0.15, 0.2) is 34.5 Å². The first kappa shape index (κ1) is 107. The second kappa shape index (κ2) is 46.1. The third kappa shape index (κ3) is 30.9. The predicted octanol–water partition coefficient (Wildman–Crippen LogP) is -1.41. The summed E-state index contributed by atoms with van der Waals surface area (Å²) in [4.78, 5) is 120. The fourth-order valence-corrected chi connectivity index (χ4v) is 19.7. The summed E-state index contributed by atoms with van der Waals surface area (Å²) in [5.41, 5.74) is -1.80. The van der Waals surface area contributed by atoms with Crippen molar-refractivity contribution in [3.63, 3.8) is 0 Å². The number of carbonyl (C=O) groups excluding carboxylic acids is 2. The van der Waals surface area contributed by atoms with Gasteiger partial charge in [0.1, 0.15) is 60.4 Å². The Morgan fingerprint density at radius 2 is 0.667 bits per heavy atom. The third-order valence-corrected chi connectivity index (χ3v) is 29.1. The number of hydrogen-bond donors (Lipinski definition) is 16. The number of Topliss-reactive ketones (excluding diaryl/α,β-unsaturated/α-hetero) is 2. The van der Waals surface area contributed by atoms with Crippen molar-refractivity contribution in [3.05, 3.63) is 141 Å². The minimum atomic E-state index is -1.29. The van der Waals surface area contributed by atoms with Gasteiger partial charge in [0.25, 0.3) is 22.2 Å². The number of nitrogens with zero attached hydrogens (tertiary/aromatic N) is 6. The van der Waals surface area contributed by atoms with E-state index >= 15 is 0 Å². The van der Waals surface area contributed by atoms with Crippen LogP contribution in [0.15, 0.2) is 64.5 Å². The van der Waals surface area contributed by atoms with E-state index in [-0.39, 0.29) is 62.7 Å². The molecule has 10 rings (SSSR count). The van der Waals surface area contributed by atoms with E-state index in [0.29, 0.717) is 66.6 Å². The number of aliphatic hydroxyl groups excluding tert-OH is 9. The number of ketones is 2. The predicted molar refractivity (Wildman–Crippen MR) is 497 cm³/mol. The maximum absolute atomic E-state index is 12.3. The quantitative estimate of drug-likeness (QED) is 0.0138. The number of rotatable bonds is 31. The van der Waals surface area contributed by atoms with Gasteiger partial charge in [0, 0.05) is 80.1 Å². The van der Waals surface area contributed by atoms with Crippen molar-refractivity contribution in [2.24, 2.45) is 0 Å². The number of aliphatic hydroxyl groups is 9. The van der Waals surface area contributed by atoms with Crippen LogP contribution in [0.5, 0.6) is 0 Å². The van der Waals surface area contributed by atoms with Crippen LogP contribution in [-0.4, -0.2) is 370 Å². The van der Waals surface area contributed by atoms with E-state index in [0.717, 1.165) is 35.4 Å². The number of H-pyrrole nitrogens is 4. The Hall–Kier alpha value is -4.92. The molecule has 0 spiro atoms. The second-order valence-electron chi connectivity index (χ2n) is 35.1. The van der Waals surface area contributed by atoms with Gasteiger partial charge in [-0.05, 0) is 156 Å². The Bertz CT molecular complexity index is 5170. The first-order chi connectivity index (χ1) is 56.9. The van der Waals surface area contributed by atoms with E-state index in [1.165, 1.54) is 53.2 Å². The number of nitrogens with one attached hydrogen (secondary N) is 7. The van der Waals surface area contributed by atoms with Gasteiger partial charge >= 0.3 is 161 Å². The Kier molecular flexibility index (Phi) is 40.0. The first-order valence-electron chi connectivity index (χ1n) is 39.8. The van der Waals surface area contributed by atoms with Crippen LogP contribution in [0.2, 0.25) is 0 Å². The molecule has 5 aliphatic rings. The average molecular weight is 1930 g/mol. The molecule has 1 radical (unpaired) electrons. The molecule has 16 N–H and O–H groups in total. The van der Waals surface area contributed by atoms with Gasteiger partial charge < -0.3 is 70.1 Å². The van der Waals surface area contributed by atoms with Crippen molar-refractivity contribution in [2.75, 3.05) is 126 Å². The van der Waals surface area contributed by atoms with Crippen LogP contribution in [0.25, 0.3) is 0 Å². The summed E-state index contributed by atoms with van der Waals surface area (Å²) in [5, 5.41) is 102. The molecule has 693 valence electrons. The van der Waals surface area contributed by atoms with Crippen molar-refractivity contribution < 1.29 is 84.0 Å². The van der Waals surface area contributed by atoms with E-state index in [1.54, 1.807) is 38.1 Å². The second-order valence-corrected chi connectivity index (χ2v) is 58.2.